The minimum Gasteiger partial charge on any atom is -0.488 e. The molecule has 174 valence electrons. The Morgan fingerprint density at radius 2 is 1.69 bits per heavy atom. The van der Waals surface area contributed by atoms with Crippen LogP contribution in [0.3, 0.4) is 0 Å². The molecule has 1 aliphatic carbocycles. The molecular weight excluding hydrogens is 436 g/mol. The fourth-order valence-electron chi connectivity index (χ4n) is 4.41. The zero-order valence-corrected chi connectivity index (χ0v) is 18.3. The Morgan fingerprint density at radius 1 is 0.938 bits per heavy atom. The third kappa shape index (κ3) is 4.94. The number of ether oxygens (including phenoxy) is 2. The molecule has 8 heteroatoms. The molecule has 2 aliphatic rings. The molecule has 1 unspecified atom stereocenters. The number of hydrogen-bond acceptors (Lipinski definition) is 7. The zero-order valence-electron chi connectivity index (χ0n) is 17.5. The molecule has 0 radical (unpaired) electrons. The molecule has 0 aromatic heterocycles. The van der Waals surface area contributed by atoms with Gasteiger partial charge in [0.05, 0.1) is 12.7 Å². The summed E-state index contributed by atoms with van der Waals surface area (Å²) in [6, 6.07) is 12.8. The first kappa shape index (κ1) is 23.4. The monoisotopic (exact) mass is 464 g/mol. The van der Waals surface area contributed by atoms with Crippen molar-refractivity contribution in [2.24, 2.45) is 0 Å². The van der Waals surface area contributed by atoms with Crippen molar-refractivity contribution >= 4 is 11.6 Å². The summed E-state index contributed by atoms with van der Waals surface area (Å²) in [5.41, 5.74) is 2.40. The Kier molecular flexibility index (Phi) is 7.37. The van der Waals surface area contributed by atoms with Crippen molar-refractivity contribution in [1.29, 1.82) is 0 Å². The number of hydrogen-bond donors (Lipinski definition) is 5. The Hall–Kier alpha value is -1.71. The average Bonchev–Trinajstić information content (AvgIpc) is 3.19. The number of rotatable bonds is 6. The van der Waals surface area contributed by atoms with Crippen molar-refractivity contribution in [3.8, 4) is 5.75 Å². The van der Waals surface area contributed by atoms with Crippen LogP contribution in [0.4, 0.5) is 0 Å². The van der Waals surface area contributed by atoms with E-state index >= 15 is 0 Å². The number of aliphatic hydroxyl groups excluding tert-OH is 5. The SMILES string of the molecule is OC[C@H]1O[C@@H](c2ccc(Cl)c(Cc3ccc(O[C@@H]4CCCC4O)cc3)c2)[C@H](O)[C@@H](O)[C@@H]1O. The summed E-state index contributed by atoms with van der Waals surface area (Å²) < 4.78 is 11.5. The normalized spacial score (nSPS) is 32.8. The van der Waals surface area contributed by atoms with Gasteiger partial charge < -0.3 is 35.0 Å². The molecule has 0 bridgehead atoms. The van der Waals surface area contributed by atoms with E-state index in [2.05, 4.69) is 0 Å². The second kappa shape index (κ2) is 10.1. The lowest BCUT2D eigenvalue weighted by Crippen LogP contribution is -2.55. The molecule has 32 heavy (non-hydrogen) atoms. The first-order valence-electron chi connectivity index (χ1n) is 10.9. The van der Waals surface area contributed by atoms with Gasteiger partial charge in [0.25, 0.3) is 0 Å². The lowest BCUT2D eigenvalue weighted by Gasteiger charge is -2.40. The number of halogens is 1. The first-order chi connectivity index (χ1) is 15.4. The zero-order chi connectivity index (χ0) is 22.8. The highest BCUT2D eigenvalue weighted by Gasteiger charge is 2.44. The topological polar surface area (TPSA) is 120 Å². The molecule has 1 saturated carbocycles. The maximum Gasteiger partial charge on any atom is 0.124 e. The third-order valence-corrected chi connectivity index (χ3v) is 6.68. The van der Waals surface area contributed by atoms with Gasteiger partial charge in [-0.05, 0) is 60.6 Å². The maximum atomic E-state index is 10.4. The summed E-state index contributed by atoms with van der Waals surface area (Å²) in [6.45, 7) is -0.478. The van der Waals surface area contributed by atoms with E-state index in [0.29, 0.717) is 22.8 Å². The van der Waals surface area contributed by atoms with Crippen LogP contribution < -0.4 is 4.74 Å². The maximum absolute atomic E-state index is 10.4. The summed E-state index contributed by atoms with van der Waals surface area (Å²) in [4.78, 5) is 0. The fourth-order valence-corrected chi connectivity index (χ4v) is 4.59. The number of aliphatic hydroxyl groups is 5. The Balaban J connectivity index is 1.48. The molecule has 5 N–H and O–H groups in total. The van der Waals surface area contributed by atoms with Crippen LogP contribution in [0.5, 0.6) is 5.75 Å². The predicted molar refractivity (Wildman–Crippen MR) is 118 cm³/mol. The van der Waals surface area contributed by atoms with Crippen LogP contribution in [-0.2, 0) is 11.2 Å². The van der Waals surface area contributed by atoms with Gasteiger partial charge in [0.1, 0.15) is 42.4 Å². The van der Waals surface area contributed by atoms with E-state index in [9.17, 15) is 25.5 Å². The largest absolute Gasteiger partial charge is 0.488 e. The first-order valence-corrected chi connectivity index (χ1v) is 11.3. The summed E-state index contributed by atoms with van der Waals surface area (Å²) >= 11 is 6.40. The van der Waals surface area contributed by atoms with E-state index in [4.69, 9.17) is 21.1 Å². The van der Waals surface area contributed by atoms with Crippen LogP contribution in [0.2, 0.25) is 5.02 Å². The van der Waals surface area contributed by atoms with E-state index in [0.717, 1.165) is 30.4 Å². The van der Waals surface area contributed by atoms with Crippen LogP contribution in [-0.4, -0.2) is 68.8 Å². The van der Waals surface area contributed by atoms with Crippen molar-refractivity contribution in [2.75, 3.05) is 6.61 Å². The van der Waals surface area contributed by atoms with Gasteiger partial charge in [0.2, 0.25) is 0 Å². The molecule has 0 amide bonds. The van der Waals surface area contributed by atoms with Gasteiger partial charge in [0.15, 0.2) is 0 Å². The van der Waals surface area contributed by atoms with Crippen LogP contribution in [0.1, 0.15) is 42.1 Å². The molecule has 1 heterocycles. The Labute approximate surface area is 191 Å². The van der Waals surface area contributed by atoms with E-state index in [1.54, 1.807) is 18.2 Å². The summed E-state index contributed by atoms with van der Waals surface area (Å²) in [6.07, 6.45) is -3.52. The molecule has 0 spiro atoms. The summed E-state index contributed by atoms with van der Waals surface area (Å²) in [7, 11) is 0. The molecule has 1 aliphatic heterocycles. The van der Waals surface area contributed by atoms with Crippen molar-refractivity contribution in [1.82, 2.24) is 0 Å². The van der Waals surface area contributed by atoms with Crippen molar-refractivity contribution in [3.63, 3.8) is 0 Å². The third-order valence-electron chi connectivity index (χ3n) is 6.31. The highest BCUT2D eigenvalue weighted by molar-refractivity contribution is 6.31. The fraction of sp³-hybridized carbons (Fsp3) is 0.500. The molecule has 2 aromatic rings. The molecule has 7 nitrogen and oxygen atoms in total. The van der Waals surface area contributed by atoms with E-state index in [1.165, 1.54) is 0 Å². The van der Waals surface area contributed by atoms with Gasteiger partial charge in [-0.25, -0.2) is 0 Å². The minimum absolute atomic E-state index is 0.162. The Morgan fingerprint density at radius 3 is 2.34 bits per heavy atom. The van der Waals surface area contributed by atoms with Crippen LogP contribution >= 0.6 is 11.6 Å². The Bertz CT molecular complexity index is 904. The lowest BCUT2D eigenvalue weighted by atomic mass is 9.90. The van der Waals surface area contributed by atoms with Crippen LogP contribution in [0.25, 0.3) is 0 Å². The molecular formula is C24H29ClO7. The van der Waals surface area contributed by atoms with E-state index in [-0.39, 0.29) is 6.10 Å². The molecule has 2 fully saturated rings. The van der Waals surface area contributed by atoms with Crippen LogP contribution in [0.15, 0.2) is 42.5 Å². The smallest absolute Gasteiger partial charge is 0.124 e. The summed E-state index contributed by atoms with van der Waals surface area (Å²) in [5, 5.41) is 50.4. The molecule has 7 atom stereocenters. The van der Waals surface area contributed by atoms with Crippen molar-refractivity contribution in [2.45, 2.75) is 68.4 Å². The lowest BCUT2D eigenvalue weighted by molar-refractivity contribution is -0.231. The molecule has 2 aromatic carbocycles. The minimum atomic E-state index is -1.43. The van der Waals surface area contributed by atoms with Crippen LogP contribution in [0, 0.1) is 0 Å². The second-order valence-corrected chi connectivity index (χ2v) is 8.98. The quantitative estimate of drug-likeness (QED) is 0.441. The highest BCUT2D eigenvalue weighted by Crippen LogP contribution is 2.34. The van der Waals surface area contributed by atoms with E-state index < -0.39 is 43.2 Å². The summed E-state index contributed by atoms with van der Waals surface area (Å²) in [5.74, 6) is 0.709. The molecule has 1 saturated heterocycles. The van der Waals surface area contributed by atoms with Crippen molar-refractivity contribution in [3.05, 3.63) is 64.2 Å². The van der Waals surface area contributed by atoms with Crippen molar-refractivity contribution < 1.29 is 35.0 Å². The standard InChI is InChI=1S/C24H29ClO7/c25-17-9-6-14(24-23(30)22(29)21(28)20(12-26)32-24)11-15(17)10-13-4-7-16(8-5-13)31-19-3-1-2-18(19)27/h4-9,11,18-24,26-30H,1-3,10,12H2/t18?,19-,20-,21-,22+,23-,24+/m1/s1. The van der Waals surface area contributed by atoms with Gasteiger partial charge in [-0.3, -0.25) is 0 Å². The highest BCUT2D eigenvalue weighted by atomic mass is 35.5. The molecule has 4 rings (SSSR count). The van der Waals surface area contributed by atoms with Gasteiger partial charge in [-0.15, -0.1) is 0 Å². The second-order valence-electron chi connectivity index (χ2n) is 8.58. The van der Waals surface area contributed by atoms with Gasteiger partial charge in [-0.1, -0.05) is 35.9 Å². The van der Waals surface area contributed by atoms with Gasteiger partial charge in [-0.2, -0.15) is 0 Å². The predicted octanol–water partition coefficient (Wildman–Crippen LogP) is 1.74. The van der Waals surface area contributed by atoms with Gasteiger partial charge in [0, 0.05) is 5.02 Å². The van der Waals surface area contributed by atoms with E-state index in [1.807, 2.05) is 24.3 Å². The average molecular weight is 465 g/mol. The number of benzene rings is 2. The van der Waals surface area contributed by atoms with Gasteiger partial charge >= 0.3 is 0 Å².